The summed E-state index contributed by atoms with van der Waals surface area (Å²) in [7, 11) is 0. The molecule has 1 aliphatic heterocycles. The van der Waals surface area contributed by atoms with Crippen LogP contribution >= 0.6 is 0 Å². The van der Waals surface area contributed by atoms with Crippen LogP contribution in [0.5, 0.6) is 5.75 Å². The van der Waals surface area contributed by atoms with Crippen LogP contribution in [0.1, 0.15) is 26.7 Å². The van der Waals surface area contributed by atoms with E-state index in [4.69, 9.17) is 10.5 Å². The number of likely N-dealkylation sites (tertiary alicyclic amines) is 1. The van der Waals surface area contributed by atoms with Crippen molar-refractivity contribution >= 4 is 5.69 Å². The summed E-state index contributed by atoms with van der Waals surface area (Å²) in [4.78, 5) is 2.50. The first-order valence-electron chi connectivity index (χ1n) is 6.45. The average Bonchev–Trinajstić information content (AvgIpc) is 2.80. The molecule has 0 amide bonds. The molecule has 0 radical (unpaired) electrons. The third-order valence-corrected chi connectivity index (χ3v) is 3.57. The molecule has 1 saturated heterocycles. The van der Waals surface area contributed by atoms with Gasteiger partial charge in [0.2, 0.25) is 0 Å². The number of hydrogen-bond donors (Lipinski definition) is 1. The van der Waals surface area contributed by atoms with Gasteiger partial charge in [0.15, 0.2) is 0 Å². The topological polar surface area (TPSA) is 38.5 Å². The first-order valence-corrected chi connectivity index (χ1v) is 6.45. The molecule has 1 aromatic carbocycles. The fourth-order valence-electron chi connectivity index (χ4n) is 2.25. The first kappa shape index (κ1) is 12.2. The highest BCUT2D eigenvalue weighted by Gasteiger charge is 2.26. The molecule has 1 aromatic rings. The van der Waals surface area contributed by atoms with Crippen LogP contribution in [0, 0.1) is 0 Å². The largest absolute Gasteiger partial charge is 0.489 e. The lowest BCUT2D eigenvalue weighted by Gasteiger charge is -2.22. The molecule has 3 nitrogen and oxygen atoms in total. The predicted octanol–water partition coefficient (Wildman–Crippen LogP) is 2.52. The summed E-state index contributed by atoms with van der Waals surface area (Å²) in [6.45, 7) is 6.71. The van der Waals surface area contributed by atoms with Gasteiger partial charge in [0, 0.05) is 24.8 Å². The lowest BCUT2D eigenvalue weighted by atomic mass is 10.2. The van der Waals surface area contributed by atoms with Crippen molar-refractivity contribution in [2.24, 2.45) is 0 Å². The Balaban J connectivity index is 1.87. The Morgan fingerprint density at radius 2 is 2.12 bits per heavy atom. The van der Waals surface area contributed by atoms with E-state index in [2.05, 4.69) is 18.7 Å². The van der Waals surface area contributed by atoms with Crippen LogP contribution in [0.15, 0.2) is 24.3 Å². The number of anilines is 1. The van der Waals surface area contributed by atoms with E-state index in [0.717, 1.165) is 30.9 Å². The second-order valence-electron chi connectivity index (χ2n) is 4.85. The molecule has 94 valence electrons. The molecule has 1 fully saturated rings. The average molecular weight is 234 g/mol. The van der Waals surface area contributed by atoms with Gasteiger partial charge in [-0.15, -0.1) is 0 Å². The number of ether oxygens (including phenoxy) is 1. The summed E-state index contributed by atoms with van der Waals surface area (Å²) in [5.74, 6) is 0.926. The van der Waals surface area contributed by atoms with Crippen molar-refractivity contribution in [1.82, 2.24) is 4.90 Å². The molecule has 2 unspecified atom stereocenters. The van der Waals surface area contributed by atoms with E-state index in [0.29, 0.717) is 12.1 Å². The van der Waals surface area contributed by atoms with Crippen molar-refractivity contribution in [3.63, 3.8) is 0 Å². The molecule has 0 aromatic heterocycles. The van der Waals surface area contributed by atoms with Gasteiger partial charge in [-0.2, -0.15) is 0 Å². The third kappa shape index (κ3) is 3.13. The summed E-state index contributed by atoms with van der Waals surface area (Å²) < 4.78 is 5.96. The van der Waals surface area contributed by atoms with Gasteiger partial charge in [-0.3, -0.25) is 4.90 Å². The smallest absolute Gasteiger partial charge is 0.119 e. The second kappa shape index (κ2) is 5.41. The SMILES string of the molecule is CCC(C)N1CCC(Oc2ccc(N)cc2)C1. The Kier molecular flexibility index (Phi) is 3.89. The maximum absolute atomic E-state index is 5.96. The van der Waals surface area contributed by atoms with E-state index in [1.807, 2.05) is 24.3 Å². The molecule has 0 bridgehead atoms. The number of nitrogens with two attached hydrogens (primary N) is 1. The molecule has 2 atom stereocenters. The quantitative estimate of drug-likeness (QED) is 0.814. The van der Waals surface area contributed by atoms with Crippen molar-refractivity contribution in [3.05, 3.63) is 24.3 Å². The molecule has 0 spiro atoms. The minimum Gasteiger partial charge on any atom is -0.489 e. The van der Waals surface area contributed by atoms with Crippen molar-refractivity contribution < 1.29 is 4.74 Å². The van der Waals surface area contributed by atoms with Gasteiger partial charge in [-0.25, -0.2) is 0 Å². The molecule has 1 aliphatic rings. The number of nitrogens with zero attached hydrogens (tertiary/aromatic N) is 1. The van der Waals surface area contributed by atoms with Crippen molar-refractivity contribution in [3.8, 4) is 5.75 Å². The minimum atomic E-state index is 0.327. The Bertz CT molecular complexity index is 350. The molecular weight excluding hydrogens is 212 g/mol. The van der Waals surface area contributed by atoms with Crippen molar-refractivity contribution in [2.45, 2.75) is 38.8 Å². The monoisotopic (exact) mass is 234 g/mol. The predicted molar refractivity (Wildman–Crippen MR) is 71.2 cm³/mol. The fourth-order valence-corrected chi connectivity index (χ4v) is 2.25. The highest BCUT2D eigenvalue weighted by molar-refractivity contribution is 5.41. The van der Waals surface area contributed by atoms with Crippen LogP contribution in [0.3, 0.4) is 0 Å². The second-order valence-corrected chi connectivity index (χ2v) is 4.85. The number of hydrogen-bond acceptors (Lipinski definition) is 3. The molecule has 0 saturated carbocycles. The molecule has 17 heavy (non-hydrogen) atoms. The molecule has 0 aliphatic carbocycles. The molecule has 3 heteroatoms. The summed E-state index contributed by atoms with van der Waals surface area (Å²) in [6, 6.07) is 8.32. The molecule has 2 N–H and O–H groups in total. The standard InChI is InChI=1S/C14H22N2O/c1-3-11(2)16-9-8-14(10-16)17-13-6-4-12(15)5-7-13/h4-7,11,14H,3,8-10,15H2,1-2H3. The number of benzene rings is 1. The highest BCUT2D eigenvalue weighted by Crippen LogP contribution is 2.21. The van der Waals surface area contributed by atoms with Gasteiger partial charge in [0.1, 0.15) is 11.9 Å². The Labute approximate surface area is 104 Å². The van der Waals surface area contributed by atoms with Crippen LogP contribution in [-0.2, 0) is 0 Å². The van der Waals surface area contributed by atoms with Gasteiger partial charge in [-0.1, -0.05) is 6.92 Å². The van der Waals surface area contributed by atoms with E-state index in [9.17, 15) is 0 Å². The zero-order valence-electron chi connectivity index (χ0n) is 10.7. The van der Waals surface area contributed by atoms with E-state index in [1.165, 1.54) is 6.42 Å². The lowest BCUT2D eigenvalue weighted by molar-refractivity contribution is 0.181. The summed E-state index contributed by atoms with van der Waals surface area (Å²) >= 11 is 0. The Morgan fingerprint density at radius 1 is 1.41 bits per heavy atom. The van der Waals surface area contributed by atoms with E-state index < -0.39 is 0 Å². The Hall–Kier alpha value is -1.22. The van der Waals surface area contributed by atoms with Crippen molar-refractivity contribution in [1.29, 1.82) is 0 Å². The maximum atomic E-state index is 5.96. The highest BCUT2D eigenvalue weighted by atomic mass is 16.5. The van der Waals surface area contributed by atoms with Gasteiger partial charge < -0.3 is 10.5 Å². The molecule has 2 rings (SSSR count). The minimum absolute atomic E-state index is 0.327. The summed E-state index contributed by atoms with van der Waals surface area (Å²) in [6.07, 6.45) is 2.65. The van der Waals surface area contributed by atoms with Gasteiger partial charge in [0.25, 0.3) is 0 Å². The number of nitrogen functional groups attached to an aromatic ring is 1. The Morgan fingerprint density at radius 3 is 2.76 bits per heavy atom. The maximum Gasteiger partial charge on any atom is 0.119 e. The molecular formula is C14H22N2O. The molecule has 1 heterocycles. The van der Waals surface area contributed by atoms with E-state index in [1.54, 1.807) is 0 Å². The fraction of sp³-hybridized carbons (Fsp3) is 0.571. The van der Waals surface area contributed by atoms with Crippen LogP contribution in [0.4, 0.5) is 5.69 Å². The summed E-state index contributed by atoms with van der Waals surface area (Å²) in [5.41, 5.74) is 6.43. The van der Waals surface area contributed by atoms with Crippen LogP contribution < -0.4 is 10.5 Å². The van der Waals surface area contributed by atoms with E-state index >= 15 is 0 Å². The van der Waals surface area contributed by atoms with Crippen LogP contribution in [-0.4, -0.2) is 30.1 Å². The van der Waals surface area contributed by atoms with E-state index in [-0.39, 0.29) is 0 Å². The summed E-state index contributed by atoms with van der Waals surface area (Å²) in [5, 5.41) is 0. The van der Waals surface area contributed by atoms with Gasteiger partial charge in [0.05, 0.1) is 0 Å². The normalized spacial score (nSPS) is 22.6. The third-order valence-electron chi connectivity index (χ3n) is 3.57. The van der Waals surface area contributed by atoms with Crippen molar-refractivity contribution in [2.75, 3.05) is 18.8 Å². The number of rotatable bonds is 4. The van der Waals surface area contributed by atoms with Crippen LogP contribution in [0.25, 0.3) is 0 Å². The van der Waals surface area contributed by atoms with Crippen LogP contribution in [0.2, 0.25) is 0 Å². The van der Waals surface area contributed by atoms with Gasteiger partial charge >= 0.3 is 0 Å². The zero-order valence-corrected chi connectivity index (χ0v) is 10.7. The zero-order chi connectivity index (χ0) is 12.3. The lowest BCUT2D eigenvalue weighted by Crippen LogP contribution is -2.32. The first-order chi connectivity index (χ1) is 8.19. The van der Waals surface area contributed by atoms with Gasteiger partial charge in [-0.05, 0) is 44.0 Å².